The van der Waals surface area contributed by atoms with Crippen molar-refractivity contribution < 1.29 is 4.57 Å². The molecular formula is C12H25N4+. The van der Waals surface area contributed by atoms with Gasteiger partial charge in [0, 0.05) is 20.0 Å². The summed E-state index contributed by atoms with van der Waals surface area (Å²) in [6.45, 7) is 6.49. The predicted molar refractivity (Wildman–Crippen MR) is 66.5 cm³/mol. The number of likely N-dealkylation sites (N-methyl/N-ethyl adjacent to an activating group) is 2. The fraction of sp³-hybridized carbons (Fsp3) is 0.750. The highest BCUT2D eigenvalue weighted by Crippen LogP contribution is 1.94. The molecule has 0 unspecified atom stereocenters. The first kappa shape index (κ1) is 13.2. The minimum atomic E-state index is 1.06. The summed E-state index contributed by atoms with van der Waals surface area (Å²) in [6, 6.07) is 0. The summed E-state index contributed by atoms with van der Waals surface area (Å²) < 4.78 is 4.63. The van der Waals surface area contributed by atoms with Gasteiger partial charge in [-0.15, -0.1) is 0 Å². The van der Waals surface area contributed by atoms with Gasteiger partial charge in [0.2, 0.25) is 0 Å². The lowest BCUT2D eigenvalue weighted by Gasteiger charge is -2.09. The van der Waals surface area contributed by atoms with Crippen LogP contribution in [0.1, 0.15) is 5.82 Å². The highest BCUT2D eigenvalue weighted by Gasteiger charge is 2.11. The summed E-state index contributed by atoms with van der Waals surface area (Å²) in [7, 11) is 8.44. The molecule has 0 aromatic carbocycles. The van der Waals surface area contributed by atoms with Crippen LogP contribution >= 0.6 is 0 Å². The van der Waals surface area contributed by atoms with Gasteiger partial charge >= 0.3 is 0 Å². The van der Waals surface area contributed by atoms with Crippen molar-refractivity contribution in [1.82, 2.24) is 14.4 Å². The lowest BCUT2D eigenvalue weighted by atomic mass is 10.5. The highest BCUT2D eigenvalue weighted by atomic mass is 15.2. The Balaban J connectivity index is 2.54. The zero-order chi connectivity index (χ0) is 12.1. The van der Waals surface area contributed by atoms with E-state index in [0.717, 1.165) is 26.2 Å². The van der Waals surface area contributed by atoms with Gasteiger partial charge in [-0.2, -0.15) is 0 Å². The molecule has 0 radical (unpaired) electrons. The molecule has 1 aromatic rings. The van der Waals surface area contributed by atoms with Gasteiger partial charge in [-0.25, -0.2) is 9.13 Å². The summed E-state index contributed by atoms with van der Waals surface area (Å²) >= 11 is 0. The number of rotatable bonds is 6. The van der Waals surface area contributed by atoms with Crippen molar-refractivity contribution in [3.8, 4) is 0 Å². The molecule has 1 aromatic heterocycles. The molecule has 4 nitrogen and oxygen atoms in total. The van der Waals surface area contributed by atoms with Gasteiger partial charge in [0.25, 0.3) is 5.82 Å². The van der Waals surface area contributed by atoms with Crippen molar-refractivity contribution in [3.63, 3.8) is 0 Å². The molecule has 0 atom stereocenters. The van der Waals surface area contributed by atoms with Crippen LogP contribution in [0.3, 0.4) is 0 Å². The first-order valence-corrected chi connectivity index (χ1v) is 5.85. The van der Waals surface area contributed by atoms with Crippen LogP contribution in [-0.2, 0) is 13.1 Å². The molecule has 1 heterocycles. The van der Waals surface area contributed by atoms with Gasteiger partial charge in [-0.05, 0) is 28.2 Å². The van der Waals surface area contributed by atoms with E-state index in [4.69, 9.17) is 0 Å². The molecule has 4 heteroatoms. The van der Waals surface area contributed by atoms with Crippen LogP contribution in [0.4, 0.5) is 0 Å². The molecule has 0 saturated heterocycles. The van der Waals surface area contributed by atoms with E-state index < -0.39 is 0 Å². The van der Waals surface area contributed by atoms with E-state index in [1.165, 1.54) is 5.82 Å². The topological polar surface area (TPSA) is 15.3 Å². The van der Waals surface area contributed by atoms with Crippen LogP contribution < -0.4 is 4.57 Å². The van der Waals surface area contributed by atoms with E-state index in [1.807, 2.05) is 0 Å². The lowest BCUT2D eigenvalue weighted by molar-refractivity contribution is -0.701. The Kier molecular flexibility index (Phi) is 4.96. The van der Waals surface area contributed by atoms with Crippen LogP contribution in [-0.4, -0.2) is 55.6 Å². The summed E-state index contributed by atoms with van der Waals surface area (Å²) in [4.78, 5) is 4.42. The molecule has 0 aliphatic heterocycles. The summed E-state index contributed by atoms with van der Waals surface area (Å²) in [5, 5.41) is 0. The second kappa shape index (κ2) is 6.01. The quantitative estimate of drug-likeness (QED) is 0.643. The molecule has 0 N–H and O–H groups in total. The summed E-state index contributed by atoms with van der Waals surface area (Å²) in [5.74, 6) is 1.34. The molecule has 0 amide bonds. The van der Waals surface area contributed by atoms with Gasteiger partial charge in [0.15, 0.2) is 0 Å². The maximum atomic E-state index is 2.32. The second-order valence-electron chi connectivity index (χ2n) is 4.84. The molecule has 92 valence electrons. The third-order valence-corrected chi connectivity index (χ3v) is 2.83. The Morgan fingerprint density at radius 3 is 2.31 bits per heavy atom. The van der Waals surface area contributed by atoms with Crippen molar-refractivity contribution in [2.24, 2.45) is 0 Å². The number of hydrogen-bond acceptors (Lipinski definition) is 2. The van der Waals surface area contributed by atoms with Crippen molar-refractivity contribution in [2.75, 3.05) is 41.3 Å². The van der Waals surface area contributed by atoms with E-state index in [2.05, 4.69) is 66.4 Å². The van der Waals surface area contributed by atoms with Gasteiger partial charge in [0.1, 0.15) is 25.5 Å². The van der Waals surface area contributed by atoms with Crippen molar-refractivity contribution in [2.45, 2.75) is 20.0 Å². The van der Waals surface area contributed by atoms with Gasteiger partial charge in [0.05, 0.1) is 0 Å². The Morgan fingerprint density at radius 2 is 1.75 bits per heavy atom. The van der Waals surface area contributed by atoms with E-state index in [-0.39, 0.29) is 0 Å². The molecule has 0 saturated carbocycles. The molecule has 0 spiro atoms. The zero-order valence-electron chi connectivity index (χ0n) is 11.3. The number of imidazole rings is 1. The molecule has 1 rings (SSSR count). The summed E-state index contributed by atoms with van der Waals surface area (Å²) in [5.41, 5.74) is 0. The normalized spacial score (nSPS) is 11.7. The first-order chi connectivity index (χ1) is 7.50. The van der Waals surface area contributed by atoms with E-state index >= 15 is 0 Å². The molecule has 0 aliphatic carbocycles. The second-order valence-corrected chi connectivity index (χ2v) is 4.84. The van der Waals surface area contributed by atoms with Crippen LogP contribution in [0.15, 0.2) is 12.4 Å². The minimum absolute atomic E-state index is 1.06. The fourth-order valence-electron chi connectivity index (χ4n) is 1.63. The number of aromatic nitrogens is 2. The highest BCUT2D eigenvalue weighted by molar-refractivity contribution is 4.79. The molecular weight excluding hydrogens is 200 g/mol. The minimum Gasteiger partial charge on any atom is -0.305 e. The lowest BCUT2D eigenvalue weighted by Crippen LogP contribution is -2.40. The van der Waals surface area contributed by atoms with Crippen LogP contribution in [0, 0.1) is 6.92 Å². The zero-order valence-corrected chi connectivity index (χ0v) is 11.3. The van der Waals surface area contributed by atoms with Crippen LogP contribution in [0.2, 0.25) is 0 Å². The van der Waals surface area contributed by atoms with Crippen molar-refractivity contribution in [3.05, 3.63) is 18.2 Å². The molecule has 0 aliphatic rings. The van der Waals surface area contributed by atoms with Crippen LogP contribution in [0.5, 0.6) is 0 Å². The maximum Gasteiger partial charge on any atom is 0.253 e. The standard InChI is InChI=1S/C12H25N4/c1-12-15(8-6-13(2)3)10-11-16(12)9-7-14(4)5/h10-11H,6-9H2,1-5H3/q+1. The summed E-state index contributed by atoms with van der Waals surface area (Å²) in [6.07, 6.45) is 4.35. The molecule has 16 heavy (non-hydrogen) atoms. The Bertz CT molecular complexity index is 285. The van der Waals surface area contributed by atoms with E-state index in [0.29, 0.717) is 0 Å². The van der Waals surface area contributed by atoms with E-state index in [9.17, 15) is 0 Å². The number of hydrogen-bond donors (Lipinski definition) is 0. The van der Waals surface area contributed by atoms with Gasteiger partial charge < -0.3 is 9.80 Å². The Hall–Kier alpha value is -0.870. The van der Waals surface area contributed by atoms with Gasteiger partial charge in [-0.1, -0.05) is 0 Å². The predicted octanol–water partition coefficient (Wildman–Crippen LogP) is 0.207. The van der Waals surface area contributed by atoms with Crippen molar-refractivity contribution in [1.29, 1.82) is 0 Å². The van der Waals surface area contributed by atoms with Crippen molar-refractivity contribution >= 4 is 0 Å². The Labute approximate surface area is 99.1 Å². The van der Waals surface area contributed by atoms with Crippen LogP contribution in [0.25, 0.3) is 0 Å². The van der Waals surface area contributed by atoms with E-state index in [1.54, 1.807) is 0 Å². The maximum absolute atomic E-state index is 2.32. The largest absolute Gasteiger partial charge is 0.305 e. The molecule has 0 bridgehead atoms. The average Bonchev–Trinajstić information content (AvgIpc) is 2.53. The monoisotopic (exact) mass is 225 g/mol. The smallest absolute Gasteiger partial charge is 0.253 e. The third-order valence-electron chi connectivity index (χ3n) is 2.83. The first-order valence-electron chi connectivity index (χ1n) is 5.85. The van der Waals surface area contributed by atoms with Gasteiger partial charge in [-0.3, -0.25) is 0 Å². The fourth-order valence-corrected chi connectivity index (χ4v) is 1.63. The third kappa shape index (κ3) is 3.94. The Morgan fingerprint density at radius 1 is 1.12 bits per heavy atom. The average molecular weight is 225 g/mol. The number of nitrogens with zero attached hydrogens (tertiary/aromatic N) is 4. The molecule has 0 fully saturated rings. The SMILES string of the molecule is Cc1n(CCN(C)C)cc[n+]1CCN(C)C.